The number of hydrogen-bond acceptors (Lipinski definition) is 3. The SMILES string of the molecule is Cc1ccc(NCc2cnn(-c3ccccc3)n2)c(F)c1. The smallest absolute Gasteiger partial charge is 0.146 e. The zero-order valence-electron chi connectivity index (χ0n) is 11.6. The van der Waals surface area contributed by atoms with Gasteiger partial charge in [0.25, 0.3) is 0 Å². The van der Waals surface area contributed by atoms with Crippen LogP contribution in [0.5, 0.6) is 0 Å². The maximum atomic E-state index is 13.7. The number of para-hydroxylation sites is 1. The van der Waals surface area contributed by atoms with Gasteiger partial charge in [0.05, 0.1) is 24.1 Å². The standard InChI is InChI=1S/C16H15FN4/c1-12-7-8-16(15(17)9-12)18-10-13-11-19-21(20-13)14-5-3-2-4-6-14/h2-9,11,18H,10H2,1H3. The van der Waals surface area contributed by atoms with Crippen molar-refractivity contribution in [3.8, 4) is 5.69 Å². The van der Waals surface area contributed by atoms with Crippen molar-refractivity contribution in [2.75, 3.05) is 5.32 Å². The number of halogens is 1. The third kappa shape index (κ3) is 3.08. The molecule has 1 heterocycles. The highest BCUT2D eigenvalue weighted by Crippen LogP contribution is 2.16. The van der Waals surface area contributed by atoms with Gasteiger partial charge in [-0.3, -0.25) is 0 Å². The summed E-state index contributed by atoms with van der Waals surface area (Å²) >= 11 is 0. The fourth-order valence-corrected chi connectivity index (χ4v) is 2.01. The molecule has 0 fully saturated rings. The maximum Gasteiger partial charge on any atom is 0.146 e. The highest BCUT2D eigenvalue weighted by Gasteiger charge is 2.05. The quantitative estimate of drug-likeness (QED) is 0.798. The van der Waals surface area contributed by atoms with E-state index < -0.39 is 0 Å². The largest absolute Gasteiger partial charge is 0.377 e. The van der Waals surface area contributed by atoms with Crippen LogP contribution in [0.1, 0.15) is 11.3 Å². The van der Waals surface area contributed by atoms with Crippen molar-refractivity contribution < 1.29 is 4.39 Å². The van der Waals surface area contributed by atoms with Gasteiger partial charge in [-0.15, -0.1) is 0 Å². The Morgan fingerprint density at radius 3 is 2.71 bits per heavy atom. The predicted molar refractivity (Wildman–Crippen MR) is 79.8 cm³/mol. The summed E-state index contributed by atoms with van der Waals surface area (Å²) in [6.45, 7) is 2.28. The van der Waals surface area contributed by atoms with Crippen LogP contribution < -0.4 is 5.32 Å². The number of nitrogens with zero attached hydrogens (tertiary/aromatic N) is 3. The molecule has 0 aliphatic rings. The molecule has 0 unspecified atom stereocenters. The van der Waals surface area contributed by atoms with Gasteiger partial charge < -0.3 is 5.32 Å². The van der Waals surface area contributed by atoms with E-state index >= 15 is 0 Å². The molecule has 2 aromatic carbocycles. The van der Waals surface area contributed by atoms with Crippen LogP contribution >= 0.6 is 0 Å². The predicted octanol–water partition coefficient (Wildman–Crippen LogP) is 3.33. The topological polar surface area (TPSA) is 42.7 Å². The molecule has 0 atom stereocenters. The van der Waals surface area contributed by atoms with E-state index in [0.717, 1.165) is 16.9 Å². The van der Waals surface area contributed by atoms with Crippen LogP contribution in [0.4, 0.5) is 10.1 Å². The molecule has 1 N–H and O–H groups in total. The third-order valence-corrected chi connectivity index (χ3v) is 3.11. The lowest BCUT2D eigenvalue weighted by atomic mass is 10.2. The average Bonchev–Trinajstić information content (AvgIpc) is 2.96. The molecule has 0 amide bonds. The van der Waals surface area contributed by atoms with Gasteiger partial charge in [-0.05, 0) is 36.8 Å². The minimum absolute atomic E-state index is 0.259. The van der Waals surface area contributed by atoms with Gasteiger partial charge in [-0.25, -0.2) is 4.39 Å². The molecule has 0 spiro atoms. The minimum Gasteiger partial charge on any atom is -0.377 e. The second kappa shape index (κ2) is 5.75. The number of anilines is 1. The Labute approximate surface area is 122 Å². The summed E-state index contributed by atoms with van der Waals surface area (Å²) in [4.78, 5) is 1.56. The van der Waals surface area contributed by atoms with E-state index in [4.69, 9.17) is 0 Å². The van der Waals surface area contributed by atoms with Crippen molar-refractivity contribution >= 4 is 5.69 Å². The first-order valence-electron chi connectivity index (χ1n) is 6.69. The van der Waals surface area contributed by atoms with Gasteiger partial charge in [-0.2, -0.15) is 15.0 Å². The second-order valence-corrected chi connectivity index (χ2v) is 4.80. The van der Waals surface area contributed by atoms with Crippen molar-refractivity contribution in [1.82, 2.24) is 15.0 Å². The number of aryl methyl sites for hydroxylation is 1. The maximum absolute atomic E-state index is 13.7. The Morgan fingerprint density at radius 1 is 1.14 bits per heavy atom. The molecule has 21 heavy (non-hydrogen) atoms. The lowest BCUT2D eigenvalue weighted by molar-refractivity contribution is 0.628. The first-order chi connectivity index (χ1) is 10.2. The first-order valence-corrected chi connectivity index (χ1v) is 6.69. The zero-order valence-corrected chi connectivity index (χ0v) is 11.6. The van der Waals surface area contributed by atoms with Crippen LogP contribution in [0.15, 0.2) is 54.7 Å². The van der Waals surface area contributed by atoms with Crippen LogP contribution in [0.2, 0.25) is 0 Å². The summed E-state index contributed by atoms with van der Waals surface area (Å²) in [5.41, 5.74) is 3.01. The number of rotatable bonds is 4. The molecule has 0 saturated heterocycles. The summed E-state index contributed by atoms with van der Waals surface area (Å²) in [5, 5.41) is 11.6. The molecule has 106 valence electrons. The van der Waals surface area contributed by atoms with Crippen LogP contribution in [-0.4, -0.2) is 15.0 Å². The summed E-state index contributed by atoms with van der Waals surface area (Å²) in [7, 11) is 0. The van der Waals surface area contributed by atoms with E-state index in [1.165, 1.54) is 6.07 Å². The van der Waals surface area contributed by atoms with E-state index in [1.54, 1.807) is 17.1 Å². The number of hydrogen-bond donors (Lipinski definition) is 1. The molecule has 5 heteroatoms. The van der Waals surface area contributed by atoms with Crippen molar-refractivity contribution in [3.05, 3.63) is 71.8 Å². The average molecular weight is 282 g/mol. The van der Waals surface area contributed by atoms with Gasteiger partial charge in [0.15, 0.2) is 0 Å². The molecular formula is C16H15FN4. The third-order valence-electron chi connectivity index (χ3n) is 3.11. The van der Waals surface area contributed by atoms with Crippen molar-refractivity contribution in [3.63, 3.8) is 0 Å². The van der Waals surface area contributed by atoms with Crippen LogP contribution in [-0.2, 0) is 6.54 Å². The van der Waals surface area contributed by atoms with Crippen molar-refractivity contribution in [1.29, 1.82) is 0 Å². The summed E-state index contributed by atoms with van der Waals surface area (Å²) in [6.07, 6.45) is 1.67. The van der Waals surface area contributed by atoms with E-state index in [-0.39, 0.29) is 5.82 Å². The Morgan fingerprint density at radius 2 is 1.95 bits per heavy atom. The first kappa shape index (κ1) is 13.3. The highest BCUT2D eigenvalue weighted by molar-refractivity contribution is 5.46. The Kier molecular flexibility index (Phi) is 3.64. The van der Waals surface area contributed by atoms with Gasteiger partial charge >= 0.3 is 0 Å². The molecule has 4 nitrogen and oxygen atoms in total. The van der Waals surface area contributed by atoms with E-state index in [0.29, 0.717) is 12.2 Å². The van der Waals surface area contributed by atoms with Gasteiger partial charge in [0.2, 0.25) is 0 Å². The van der Waals surface area contributed by atoms with Gasteiger partial charge in [0.1, 0.15) is 11.5 Å². The van der Waals surface area contributed by atoms with Gasteiger partial charge in [0, 0.05) is 0 Å². The Balaban J connectivity index is 1.70. The zero-order chi connectivity index (χ0) is 14.7. The fourth-order valence-electron chi connectivity index (χ4n) is 2.01. The summed E-state index contributed by atoms with van der Waals surface area (Å²) < 4.78 is 13.7. The number of benzene rings is 2. The molecule has 0 aliphatic heterocycles. The lowest BCUT2D eigenvalue weighted by Crippen LogP contribution is -2.04. The number of aromatic nitrogens is 3. The van der Waals surface area contributed by atoms with E-state index in [1.807, 2.05) is 43.3 Å². The summed E-state index contributed by atoms with van der Waals surface area (Å²) in [6, 6.07) is 14.8. The monoisotopic (exact) mass is 282 g/mol. The molecule has 0 bridgehead atoms. The molecule has 3 aromatic rings. The molecular weight excluding hydrogens is 267 g/mol. The van der Waals surface area contributed by atoms with Crippen LogP contribution in [0.3, 0.4) is 0 Å². The molecule has 0 radical (unpaired) electrons. The lowest BCUT2D eigenvalue weighted by Gasteiger charge is -2.06. The molecule has 0 aliphatic carbocycles. The number of nitrogens with one attached hydrogen (secondary N) is 1. The molecule has 1 aromatic heterocycles. The summed E-state index contributed by atoms with van der Waals surface area (Å²) in [5.74, 6) is -0.259. The van der Waals surface area contributed by atoms with Crippen LogP contribution in [0.25, 0.3) is 5.69 Å². The van der Waals surface area contributed by atoms with E-state index in [9.17, 15) is 4.39 Å². The highest BCUT2D eigenvalue weighted by atomic mass is 19.1. The fraction of sp³-hybridized carbons (Fsp3) is 0.125. The Bertz CT molecular complexity index is 737. The minimum atomic E-state index is -0.259. The molecule has 3 rings (SSSR count). The van der Waals surface area contributed by atoms with Crippen molar-refractivity contribution in [2.24, 2.45) is 0 Å². The van der Waals surface area contributed by atoms with E-state index in [2.05, 4.69) is 15.5 Å². The Hall–Kier alpha value is -2.69. The second-order valence-electron chi connectivity index (χ2n) is 4.80. The normalized spacial score (nSPS) is 10.6. The molecule has 0 saturated carbocycles. The van der Waals surface area contributed by atoms with Crippen molar-refractivity contribution in [2.45, 2.75) is 13.5 Å². The van der Waals surface area contributed by atoms with Gasteiger partial charge in [-0.1, -0.05) is 24.3 Å². The van der Waals surface area contributed by atoms with Crippen LogP contribution in [0, 0.1) is 12.7 Å².